The number of rotatable bonds is 7. The molecule has 1 N–H and O–H groups in total. The number of halogens is 2. The lowest BCUT2D eigenvalue weighted by molar-refractivity contribution is -0.149. The van der Waals surface area contributed by atoms with Gasteiger partial charge in [-0.15, -0.1) is 0 Å². The van der Waals surface area contributed by atoms with E-state index in [9.17, 15) is 23.9 Å². The van der Waals surface area contributed by atoms with Crippen molar-refractivity contribution >= 4 is 17.7 Å². The Morgan fingerprint density at radius 3 is 2.12 bits per heavy atom. The van der Waals surface area contributed by atoms with Gasteiger partial charge in [0, 0.05) is 69.4 Å². The highest BCUT2D eigenvalue weighted by atomic mass is 19.1. The average molecular weight is 688 g/mol. The van der Waals surface area contributed by atoms with Crippen molar-refractivity contribution in [3.8, 4) is 0 Å². The van der Waals surface area contributed by atoms with Gasteiger partial charge >= 0.3 is 0 Å². The van der Waals surface area contributed by atoms with Gasteiger partial charge in [-0.05, 0) is 90.8 Å². The van der Waals surface area contributed by atoms with Crippen LogP contribution in [-0.4, -0.2) is 130 Å². The van der Waals surface area contributed by atoms with Gasteiger partial charge in [0.1, 0.15) is 17.7 Å². The van der Waals surface area contributed by atoms with Gasteiger partial charge in [-0.1, -0.05) is 19.9 Å². The van der Waals surface area contributed by atoms with E-state index < -0.39 is 41.0 Å². The van der Waals surface area contributed by atoms with Gasteiger partial charge < -0.3 is 24.7 Å². The number of nitrogens with zero attached hydrogens (tertiary/aromatic N) is 5. The minimum Gasteiger partial charge on any atom is -0.395 e. The van der Waals surface area contributed by atoms with Crippen molar-refractivity contribution in [1.82, 2.24) is 24.5 Å². The Bertz CT molecular complexity index is 1380. The van der Waals surface area contributed by atoms with Gasteiger partial charge in [-0.25, -0.2) is 8.78 Å². The molecule has 0 spiro atoms. The zero-order valence-corrected chi connectivity index (χ0v) is 31.0. The maximum atomic E-state index is 15.4. The molecule has 4 atom stereocenters. The van der Waals surface area contributed by atoms with E-state index in [4.69, 9.17) is 0 Å². The highest BCUT2D eigenvalue weighted by Crippen LogP contribution is 2.43. The first-order valence-electron chi connectivity index (χ1n) is 18.2. The Morgan fingerprint density at radius 2 is 1.55 bits per heavy atom. The minimum atomic E-state index is -1.02. The fourth-order valence-corrected chi connectivity index (χ4v) is 8.37. The third kappa shape index (κ3) is 7.99. The zero-order valence-electron chi connectivity index (χ0n) is 31.0. The van der Waals surface area contributed by atoms with Gasteiger partial charge in [0.25, 0.3) is 0 Å². The van der Waals surface area contributed by atoms with E-state index in [1.54, 1.807) is 18.7 Å². The van der Waals surface area contributed by atoms with Gasteiger partial charge in [0.05, 0.1) is 24.0 Å². The van der Waals surface area contributed by atoms with Crippen LogP contribution in [-0.2, 0) is 14.4 Å². The number of carbonyl (C=O) groups is 3. The second kappa shape index (κ2) is 14.2. The van der Waals surface area contributed by atoms with Crippen molar-refractivity contribution in [2.24, 2.45) is 16.7 Å². The fourth-order valence-electron chi connectivity index (χ4n) is 8.37. The van der Waals surface area contributed by atoms with E-state index in [1.807, 2.05) is 16.8 Å². The first kappa shape index (κ1) is 37.6. The molecule has 4 fully saturated rings. The molecule has 3 amide bonds. The first-order chi connectivity index (χ1) is 22.8. The van der Waals surface area contributed by atoms with E-state index in [2.05, 4.69) is 44.4 Å². The van der Waals surface area contributed by atoms with Crippen LogP contribution < -0.4 is 0 Å². The number of carbonyl (C=O) groups excluding carboxylic acids is 3. The fraction of sp³-hybridized carbons (Fsp3) is 0.763. The van der Waals surface area contributed by atoms with E-state index in [0.717, 1.165) is 44.8 Å². The topological polar surface area (TPSA) is 87.6 Å². The van der Waals surface area contributed by atoms with Crippen LogP contribution in [0.2, 0.25) is 0 Å². The van der Waals surface area contributed by atoms with Crippen LogP contribution in [0.3, 0.4) is 0 Å². The number of hydrogen-bond acceptors (Lipinski definition) is 6. The van der Waals surface area contributed by atoms with Gasteiger partial charge in [0.2, 0.25) is 17.7 Å². The molecule has 1 aromatic rings. The number of likely N-dealkylation sites (tertiary alicyclic amines) is 2. The summed E-state index contributed by atoms with van der Waals surface area (Å²) >= 11 is 0. The predicted octanol–water partition coefficient (Wildman–Crippen LogP) is 4.34. The van der Waals surface area contributed by atoms with Gasteiger partial charge in [-0.3, -0.25) is 19.3 Å². The lowest BCUT2D eigenvalue weighted by Crippen LogP contribution is -2.55. The SMILES string of the molecule is CN1CCN(C(=O)[C@@H]2CC(N(C(=O)C(C)(C)CO)C3CCC(C)(C)CC3)CN2C(=O)[C@@H]2CN(C(C)(C)C)C[C@H]2c2ccc(F)cc2F)CC1. The second-order valence-corrected chi connectivity index (χ2v) is 17.6. The quantitative estimate of drug-likeness (QED) is 0.460. The lowest BCUT2D eigenvalue weighted by Gasteiger charge is -2.45. The summed E-state index contributed by atoms with van der Waals surface area (Å²) in [6.45, 7) is 17.4. The standard InChI is InChI=1S/C38H59F2N5O4/c1-36(2,3)43-22-29(28-10-9-25(39)19-31(28)40)30(23-43)33(47)44-21-27(20-32(44)34(48)42-17-15-41(8)16-18-42)45(35(49)38(6,7)24-46)26-11-13-37(4,5)14-12-26/h9-10,19,26-27,29-30,32,46H,11-18,20-24H2,1-8H3/t27?,29-,30+,32-/m0/s1. The molecule has 1 aliphatic carbocycles. The third-order valence-electron chi connectivity index (χ3n) is 11.9. The molecule has 5 rings (SSSR count). The summed E-state index contributed by atoms with van der Waals surface area (Å²) < 4.78 is 29.4. The number of piperazine rings is 1. The summed E-state index contributed by atoms with van der Waals surface area (Å²) in [5.41, 5.74) is -0.859. The molecule has 1 aromatic carbocycles. The summed E-state index contributed by atoms with van der Waals surface area (Å²) in [5.74, 6) is -3.03. The van der Waals surface area contributed by atoms with Crippen LogP contribution in [0.5, 0.6) is 0 Å². The summed E-state index contributed by atoms with van der Waals surface area (Å²) in [4.78, 5) is 53.5. The Labute approximate surface area is 291 Å². The minimum absolute atomic E-state index is 0.0605. The molecular formula is C38H59F2N5O4. The number of aliphatic hydroxyl groups excluding tert-OH is 1. The van der Waals surface area contributed by atoms with E-state index in [1.165, 1.54) is 12.1 Å². The van der Waals surface area contributed by atoms with Crippen molar-refractivity contribution < 1.29 is 28.3 Å². The molecular weight excluding hydrogens is 628 g/mol. The molecule has 3 heterocycles. The maximum Gasteiger partial charge on any atom is 0.245 e. The molecule has 1 unspecified atom stereocenters. The normalized spacial score (nSPS) is 27.5. The van der Waals surface area contributed by atoms with E-state index in [-0.39, 0.29) is 47.9 Å². The highest BCUT2D eigenvalue weighted by Gasteiger charge is 2.52. The molecule has 49 heavy (non-hydrogen) atoms. The summed E-state index contributed by atoms with van der Waals surface area (Å²) in [6.07, 6.45) is 3.86. The first-order valence-corrected chi connectivity index (χ1v) is 18.2. The second-order valence-electron chi connectivity index (χ2n) is 17.6. The molecule has 3 aliphatic heterocycles. The van der Waals surface area contributed by atoms with Crippen LogP contribution in [0, 0.1) is 28.4 Å². The summed E-state index contributed by atoms with van der Waals surface area (Å²) in [5, 5.41) is 10.3. The number of likely N-dealkylation sites (N-methyl/N-ethyl adjacent to an activating group) is 1. The van der Waals surface area contributed by atoms with E-state index >= 15 is 4.39 Å². The Morgan fingerprint density at radius 1 is 0.918 bits per heavy atom. The van der Waals surface area contributed by atoms with Crippen molar-refractivity contribution in [1.29, 1.82) is 0 Å². The van der Waals surface area contributed by atoms with Crippen LogP contribution in [0.15, 0.2) is 18.2 Å². The molecule has 274 valence electrons. The Kier molecular flexibility index (Phi) is 10.9. The molecule has 9 nitrogen and oxygen atoms in total. The number of aliphatic hydroxyl groups is 1. The molecule has 0 bridgehead atoms. The Hall–Kier alpha value is -2.63. The average Bonchev–Trinajstić information content (AvgIpc) is 3.68. The van der Waals surface area contributed by atoms with E-state index in [0.29, 0.717) is 38.2 Å². The number of amides is 3. The van der Waals surface area contributed by atoms with Gasteiger partial charge in [-0.2, -0.15) is 0 Å². The van der Waals surface area contributed by atoms with Gasteiger partial charge in [0.15, 0.2) is 0 Å². The van der Waals surface area contributed by atoms with Crippen molar-refractivity contribution in [2.75, 3.05) is 59.5 Å². The Balaban J connectivity index is 1.52. The largest absolute Gasteiger partial charge is 0.395 e. The van der Waals surface area contributed by atoms with Crippen LogP contribution in [0.4, 0.5) is 8.78 Å². The highest BCUT2D eigenvalue weighted by molar-refractivity contribution is 5.91. The number of hydrogen-bond donors (Lipinski definition) is 1. The molecule has 4 aliphatic rings. The maximum absolute atomic E-state index is 15.4. The van der Waals surface area contributed by atoms with Crippen molar-refractivity contribution in [3.63, 3.8) is 0 Å². The molecule has 11 heteroatoms. The van der Waals surface area contributed by atoms with Crippen molar-refractivity contribution in [3.05, 3.63) is 35.4 Å². The van der Waals surface area contributed by atoms with Crippen molar-refractivity contribution in [2.45, 2.75) is 110 Å². The number of benzene rings is 1. The molecule has 3 saturated heterocycles. The third-order valence-corrected chi connectivity index (χ3v) is 11.9. The van der Waals surface area contributed by atoms with Crippen LogP contribution in [0.1, 0.15) is 92.1 Å². The van der Waals surface area contributed by atoms with Crippen LogP contribution in [0.25, 0.3) is 0 Å². The molecule has 1 saturated carbocycles. The monoisotopic (exact) mass is 687 g/mol. The molecule has 0 radical (unpaired) electrons. The molecule has 0 aromatic heterocycles. The van der Waals surface area contributed by atoms with Crippen LogP contribution >= 0.6 is 0 Å². The predicted molar refractivity (Wildman–Crippen MR) is 186 cm³/mol. The smallest absolute Gasteiger partial charge is 0.245 e. The zero-order chi connectivity index (χ0) is 36.1. The summed E-state index contributed by atoms with van der Waals surface area (Å²) in [7, 11) is 2.02. The summed E-state index contributed by atoms with van der Waals surface area (Å²) in [6, 6.07) is 2.33. The lowest BCUT2D eigenvalue weighted by atomic mass is 9.74.